The summed E-state index contributed by atoms with van der Waals surface area (Å²) in [6, 6.07) is 8.77. The highest BCUT2D eigenvalue weighted by Crippen LogP contribution is 2.25. The predicted octanol–water partition coefficient (Wildman–Crippen LogP) is 0.683. The smallest absolute Gasteiger partial charge is 0.274 e. The Balaban J connectivity index is 1.52. The molecule has 0 radical (unpaired) electrons. The highest BCUT2D eigenvalue weighted by atomic mass is 16.2. The second kappa shape index (κ2) is 8.13. The molecule has 1 aliphatic heterocycles. The third kappa shape index (κ3) is 3.75. The van der Waals surface area contributed by atoms with E-state index < -0.39 is 17.9 Å². The van der Waals surface area contributed by atoms with Gasteiger partial charge in [-0.1, -0.05) is 35.5 Å². The van der Waals surface area contributed by atoms with Crippen molar-refractivity contribution in [3.8, 4) is 12.3 Å². The van der Waals surface area contributed by atoms with Crippen LogP contribution in [0.2, 0.25) is 0 Å². The fourth-order valence-corrected chi connectivity index (χ4v) is 3.38. The topological polar surface area (TPSA) is 106 Å². The minimum absolute atomic E-state index is 0.107. The average molecular weight is 401 g/mol. The van der Waals surface area contributed by atoms with Crippen molar-refractivity contribution in [2.45, 2.75) is 19.0 Å². The fraction of sp³-hybridized carbons (Fsp3) is 0.238. The van der Waals surface area contributed by atoms with Gasteiger partial charge in [-0.25, -0.2) is 9.67 Å². The molecule has 0 saturated heterocycles. The molecule has 9 nitrogen and oxygen atoms in total. The van der Waals surface area contributed by atoms with Gasteiger partial charge in [-0.05, 0) is 5.56 Å². The van der Waals surface area contributed by atoms with Gasteiger partial charge < -0.3 is 5.32 Å². The highest BCUT2D eigenvalue weighted by Gasteiger charge is 2.37. The van der Waals surface area contributed by atoms with Crippen LogP contribution in [-0.4, -0.2) is 49.9 Å². The Kier molecular flexibility index (Phi) is 5.22. The van der Waals surface area contributed by atoms with Crippen LogP contribution in [0.1, 0.15) is 21.7 Å². The Morgan fingerprint density at radius 2 is 2.03 bits per heavy atom. The first-order valence-electron chi connectivity index (χ1n) is 9.35. The first-order valence-corrected chi connectivity index (χ1v) is 9.35. The van der Waals surface area contributed by atoms with Crippen molar-refractivity contribution >= 4 is 17.6 Å². The zero-order chi connectivity index (χ0) is 21.1. The Morgan fingerprint density at radius 1 is 1.27 bits per heavy atom. The maximum atomic E-state index is 13.0. The van der Waals surface area contributed by atoms with Crippen LogP contribution in [0.25, 0.3) is 0 Å². The number of hydrogen-bond donors (Lipinski definition) is 1. The van der Waals surface area contributed by atoms with E-state index in [-0.39, 0.29) is 11.6 Å². The summed E-state index contributed by atoms with van der Waals surface area (Å²) in [7, 11) is 1.59. The minimum atomic E-state index is -0.928. The molecule has 150 valence electrons. The maximum absolute atomic E-state index is 13.0. The molecule has 1 aliphatic rings. The summed E-state index contributed by atoms with van der Waals surface area (Å²) >= 11 is 0. The molecule has 2 atom stereocenters. The molecule has 1 N–H and O–H groups in total. The molecule has 4 rings (SSSR count). The third-order valence-electron chi connectivity index (χ3n) is 4.94. The number of anilines is 1. The van der Waals surface area contributed by atoms with Crippen LogP contribution in [0.3, 0.4) is 0 Å². The van der Waals surface area contributed by atoms with Gasteiger partial charge in [0.15, 0.2) is 11.5 Å². The maximum Gasteiger partial charge on any atom is 0.274 e. The molecule has 2 amide bonds. The second-order valence-corrected chi connectivity index (χ2v) is 6.94. The number of nitrogens with zero attached hydrogens (tertiary/aromatic N) is 6. The van der Waals surface area contributed by atoms with Crippen LogP contribution in [0, 0.1) is 18.3 Å². The number of rotatable bonds is 4. The first-order chi connectivity index (χ1) is 14.6. The van der Waals surface area contributed by atoms with Gasteiger partial charge >= 0.3 is 0 Å². The van der Waals surface area contributed by atoms with Crippen LogP contribution >= 0.6 is 0 Å². The molecular formula is C21H19N7O2. The normalized spacial score (nSPS) is 18.3. The number of likely N-dealkylation sites (N-methyl/N-ethyl adjacent to an activating group) is 1. The van der Waals surface area contributed by atoms with E-state index in [0.29, 0.717) is 24.5 Å². The van der Waals surface area contributed by atoms with Crippen molar-refractivity contribution in [3.63, 3.8) is 0 Å². The van der Waals surface area contributed by atoms with E-state index >= 15 is 0 Å². The fourth-order valence-electron chi connectivity index (χ4n) is 3.38. The molecule has 0 spiro atoms. The molecule has 0 fully saturated rings. The number of carbonyl (C=O) groups excluding carboxylic acids is 2. The molecule has 1 aromatic carbocycles. The lowest BCUT2D eigenvalue weighted by molar-refractivity contribution is -0.120. The lowest BCUT2D eigenvalue weighted by atomic mass is 9.95. The van der Waals surface area contributed by atoms with Gasteiger partial charge in [-0.15, -0.1) is 17.4 Å². The third-order valence-corrected chi connectivity index (χ3v) is 4.94. The van der Waals surface area contributed by atoms with E-state index in [9.17, 15) is 9.59 Å². The average Bonchev–Trinajstić information content (AvgIpc) is 3.21. The van der Waals surface area contributed by atoms with E-state index in [0.717, 1.165) is 5.56 Å². The van der Waals surface area contributed by atoms with Crippen molar-refractivity contribution in [2.24, 2.45) is 5.92 Å². The zero-order valence-electron chi connectivity index (χ0n) is 16.3. The summed E-state index contributed by atoms with van der Waals surface area (Å²) in [5, 5.41) is 10.7. The molecule has 0 saturated carbocycles. The van der Waals surface area contributed by atoms with Crippen LogP contribution in [0.15, 0.2) is 48.9 Å². The lowest BCUT2D eigenvalue weighted by Crippen LogP contribution is -2.50. The minimum Gasteiger partial charge on any atom is -0.338 e. The van der Waals surface area contributed by atoms with Crippen LogP contribution in [-0.2, 0) is 17.8 Å². The van der Waals surface area contributed by atoms with Crippen LogP contribution < -0.4 is 10.2 Å². The second-order valence-electron chi connectivity index (χ2n) is 6.94. The van der Waals surface area contributed by atoms with Crippen molar-refractivity contribution in [1.29, 1.82) is 0 Å². The molecule has 30 heavy (non-hydrogen) atoms. The number of carbonyl (C=O) groups is 2. The largest absolute Gasteiger partial charge is 0.338 e. The monoisotopic (exact) mass is 401 g/mol. The van der Waals surface area contributed by atoms with E-state index in [1.165, 1.54) is 17.3 Å². The Bertz CT molecular complexity index is 1120. The van der Waals surface area contributed by atoms with Crippen LogP contribution in [0.4, 0.5) is 5.82 Å². The molecule has 0 bridgehead atoms. The van der Waals surface area contributed by atoms with E-state index in [1.54, 1.807) is 17.9 Å². The number of benzene rings is 1. The van der Waals surface area contributed by atoms with E-state index in [1.807, 2.05) is 30.3 Å². The van der Waals surface area contributed by atoms with Gasteiger partial charge in [-0.3, -0.25) is 19.5 Å². The lowest BCUT2D eigenvalue weighted by Gasteiger charge is -2.23. The molecular weight excluding hydrogens is 382 g/mol. The molecule has 9 heteroatoms. The zero-order valence-corrected chi connectivity index (χ0v) is 16.3. The van der Waals surface area contributed by atoms with Gasteiger partial charge in [0.2, 0.25) is 0 Å². The van der Waals surface area contributed by atoms with Gasteiger partial charge in [-0.2, -0.15) is 0 Å². The van der Waals surface area contributed by atoms with Crippen molar-refractivity contribution in [2.75, 3.05) is 11.9 Å². The number of amides is 2. The number of fused-ring (bicyclic) bond motifs is 1. The molecule has 0 aliphatic carbocycles. The van der Waals surface area contributed by atoms with Crippen molar-refractivity contribution in [1.82, 2.24) is 30.3 Å². The number of nitrogens with one attached hydrogen (secondary N) is 1. The van der Waals surface area contributed by atoms with Gasteiger partial charge in [0.1, 0.15) is 6.04 Å². The molecule has 3 aromatic rings. The summed E-state index contributed by atoms with van der Waals surface area (Å²) in [6.07, 6.45) is 10.6. The molecule has 3 heterocycles. The van der Waals surface area contributed by atoms with Crippen molar-refractivity contribution < 1.29 is 9.59 Å². The van der Waals surface area contributed by atoms with Crippen molar-refractivity contribution in [3.05, 3.63) is 65.9 Å². The van der Waals surface area contributed by atoms with Gasteiger partial charge in [0, 0.05) is 25.9 Å². The standard InChI is InChI=1S/C21H19N7O2/c1-3-15-11-16-19(23-10-9-22-16)27(2)21(30)18(15)24-20(29)17-13-28(26-25-17)12-14-7-5-4-6-8-14/h1,4-10,13,15,18H,11-12H2,2H3,(H,24,29)/t15-,18-/m1/s1. The quantitative estimate of drug-likeness (QED) is 0.645. The van der Waals surface area contributed by atoms with Crippen LogP contribution in [0.5, 0.6) is 0 Å². The van der Waals surface area contributed by atoms with Gasteiger partial charge in [0.25, 0.3) is 11.8 Å². The number of hydrogen-bond acceptors (Lipinski definition) is 6. The SMILES string of the molecule is C#C[C@@H]1Cc2nccnc2N(C)C(=O)[C@@H]1NC(=O)c1cn(Cc2ccccc2)nn1. The Morgan fingerprint density at radius 3 is 2.80 bits per heavy atom. The summed E-state index contributed by atoms with van der Waals surface area (Å²) < 4.78 is 1.56. The highest BCUT2D eigenvalue weighted by molar-refractivity contribution is 6.02. The first kappa shape index (κ1) is 19.3. The summed E-state index contributed by atoms with van der Waals surface area (Å²) in [4.78, 5) is 35.7. The van der Waals surface area contributed by atoms with E-state index in [2.05, 4.69) is 31.5 Å². The molecule has 2 aromatic heterocycles. The van der Waals surface area contributed by atoms with E-state index in [4.69, 9.17) is 6.42 Å². The molecule has 0 unspecified atom stereocenters. The summed E-state index contributed by atoms with van der Waals surface area (Å²) in [6.45, 7) is 0.478. The summed E-state index contributed by atoms with van der Waals surface area (Å²) in [5.41, 5.74) is 1.75. The number of terminal acetylenes is 1. The number of aromatic nitrogens is 5. The summed E-state index contributed by atoms with van der Waals surface area (Å²) in [5.74, 6) is 1.60. The Labute approximate surface area is 173 Å². The Hall–Kier alpha value is -4.06. The predicted molar refractivity (Wildman–Crippen MR) is 108 cm³/mol. The van der Waals surface area contributed by atoms with Gasteiger partial charge in [0.05, 0.1) is 24.4 Å².